The van der Waals surface area contributed by atoms with Gasteiger partial charge in [-0.2, -0.15) is 0 Å². The van der Waals surface area contributed by atoms with Crippen molar-refractivity contribution in [2.24, 2.45) is 0 Å². The Bertz CT molecular complexity index is 538. The second-order valence-corrected chi connectivity index (χ2v) is 5.89. The summed E-state index contributed by atoms with van der Waals surface area (Å²) < 4.78 is 25.7. The summed E-state index contributed by atoms with van der Waals surface area (Å²) in [5, 5.41) is 16.6. The van der Waals surface area contributed by atoms with Crippen molar-refractivity contribution in [1.29, 1.82) is 0 Å². The Balaban J connectivity index is 3.09. The van der Waals surface area contributed by atoms with E-state index < -0.39 is 27.3 Å². The van der Waals surface area contributed by atoms with E-state index in [9.17, 15) is 18.3 Å². The van der Waals surface area contributed by atoms with Crippen molar-refractivity contribution in [3.05, 3.63) is 29.8 Å². The molecule has 7 heteroatoms. The van der Waals surface area contributed by atoms with Crippen LogP contribution in [0.15, 0.2) is 24.3 Å². The summed E-state index contributed by atoms with van der Waals surface area (Å²) in [5.41, 5.74) is 0.569. The number of anilines is 1. The lowest BCUT2D eigenvalue weighted by atomic mass is 10.1. The third-order valence-corrected chi connectivity index (χ3v) is 4.11. The van der Waals surface area contributed by atoms with Crippen LogP contribution in [-0.2, 0) is 14.8 Å². The molecule has 0 aliphatic carbocycles. The molecule has 1 aromatic carbocycles. The Morgan fingerprint density at radius 2 is 1.83 bits per heavy atom. The lowest BCUT2D eigenvalue weighted by Crippen LogP contribution is -2.32. The lowest BCUT2D eigenvalue weighted by Gasteiger charge is -2.15. The van der Waals surface area contributed by atoms with Crippen molar-refractivity contribution in [3.8, 4) is 0 Å². The number of benzene rings is 1. The first-order chi connectivity index (χ1) is 8.25. The number of nitrogens with one attached hydrogen (secondary N) is 1. The first-order valence-corrected chi connectivity index (χ1v) is 6.81. The van der Waals surface area contributed by atoms with Crippen molar-refractivity contribution < 1.29 is 23.4 Å². The predicted octanol–water partition coefficient (Wildman–Crippen LogP) is 0.955. The molecule has 0 aliphatic rings. The zero-order chi connectivity index (χ0) is 13.9. The molecule has 2 atom stereocenters. The Hall–Kier alpha value is -1.60. The van der Waals surface area contributed by atoms with Gasteiger partial charge in [0, 0.05) is 5.56 Å². The second-order valence-electron chi connectivity index (χ2n) is 3.89. The number of para-hydroxylation sites is 1. The molecule has 0 aromatic heterocycles. The molecule has 0 bridgehead atoms. The fourth-order valence-electron chi connectivity index (χ4n) is 1.33. The van der Waals surface area contributed by atoms with Crippen LogP contribution in [0, 0.1) is 0 Å². The molecule has 1 rings (SSSR count). The van der Waals surface area contributed by atoms with E-state index >= 15 is 0 Å². The van der Waals surface area contributed by atoms with Gasteiger partial charge in [-0.05, 0) is 19.9 Å². The van der Waals surface area contributed by atoms with E-state index in [1.165, 1.54) is 13.0 Å². The molecule has 0 saturated heterocycles. The molecule has 0 aliphatic heterocycles. The highest BCUT2D eigenvalue weighted by molar-refractivity contribution is 7.94. The van der Waals surface area contributed by atoms with Gasteiger partial charge >= 0.3 is 5.97 Å². The maximum atomic E-state index is 11.7. The van der Waals surface area contributed by atoms with Crippen LogP contribution >= 0.6 is 0 Å². The van der Waals surface area contributed by atoms with Gasteiger partial charge in [0.1, 0.15) is 0 Å². The Morgan fingerprint density at radius 1 is 1.28 bits per heavy atom. The first-order valence-electron chi connectivity index (χ1n) is 5.27. The van der Waals surface area contributed by atoms with Crippen LogP contribution in [0.3, 0.4) is 0 Å². The van der Waals surface area contributed by atoms with E-state index in [4.69, 9.17) is 5.11 Å². The molecule has 1 aromatic rings. The molecule has 2 unspecified atom stereocenters. The summed E-state index contributed by atoms with van der Waals surface area (Å²) in [4.78, 5) is 10.7. The number of sulfonamides is 1. The van der Waals surface area contributed by atoms with E-state index in [2.05, 4.69) is 4.72 Å². The highest BCUT2D eigenvalue weighted by Gasteiger charge is 2.28. The van der Waals surface area contributed by atoms with Crippen molar-refractivity contribution in [3.63, 3.8) is 0 Å². The summed E-state index contributed by atoms with van der Waals surface area (Å²) in [6.07, 6.45) is -0.857. The van der Waals surface area contributed by atoms with E-state index in [-0.39, 0.29) is 5.69 Å². The van der Waals surface area contributed by atoms with Gasteiger partial charge < -0.3 is 10.2 Å². The van der Waals surface area contributed by atoms with E-state index in [0.717, 1.165) is 6.92 Å². The van der Waals surface area contributed by atoms with Crippen LogP contribution in [0.4, 0.5) is 5.69 Å². The van der Waals surface area contributed by atoms with Gasteiger partial charge in [0.05, 0.1) is 11.8 Å². The highest BCUT2D eigenvalue weighted by atomic mass is 32.2. The Labute approximate surface area is 105 Å². The van der Waals surface area contributed by atoms with Gasteiger partial charge in [0.2, 0.25) is 10.0 Å². The zero-order valence-electron chi connectivity index (χ0n) is 9.99. The lowest BCUT2D eigenvalue weighted by molar-refractivity contribution is -0.136. The average Bonchev–Trinajstić information content (AvgIpc) is 2.27. The summed E-state index contributed by atoms with van der Waals surface area (Å²) in [6, 6.07) is 6.28. The SMILES string of the molecule is CC(O)c1ccccc1NS(=O)(=O)C(C)C(=O)O. The second kappa shape index (κ2) is 5.36. The summed E-state index contributed by atoms with van der Waals surface area (Å²) >= 11 is 0. The number of carboxylic acids is 1. The van der Waals surface area contributed by atoms with Crippen LogP contribution < -0.4 is 4.72 Å². The number of aliphatic hydroxyl groups is 1. The molecule has 0 radical (unpaired) electrons. The average molecular weight is 273 g/mol. The monoisotopic (exact) mass is 273 g/mol. The quantitative estimate of drug-likeness (QED) is 0.741. The zero-order valence-corrected chi connectivity index (χ0v) is 10.8. The largest absolute Gasteiger partial charge is 0.480 e. The predicted molar refractivity (Wildman–Crippen MR) is 66.7 cm³/mol. The molecule has 6 nitrogen and oxygen atoms in total. The number of aliphatic carboxylic acids is 1. The highest BCUT2D eigenvalue weighted by Crippen LogP contribution is 2.23. The van der Waals surface area contributed by atoms with Gasteiger partial charge in [0.25, 0.3) is 0 Å². The Morgan fingerprint density at radius 3 is 2.33 bits per heavy atom. The van der Waals surface area contributed by atoms with Crippen molar-refractivity contribution in [2.45, 2.75) is 25.2 Å². The van der Waals surface area contributed by atoms with E-state index in [0.29, 0.717) is 5.56 Å². The van der Waals surface area contributed by atoms with Crippen LogP contribution in [0.5, 0.6) is 0 Å². The topological polar surface area (TPSA) is 104 Å². The molecule has 18 heavy (non-hydrogen) atoms. The number of rotatable bonds is 5. The third-order valence-electron chi connectivity index (χ3n) is 2.48. The maximum absolute atomic E-state index is 11.7. The van der Waals surface area contributed by atoms with Crippen LogP contribution in [0.2, 0.25) is 0 Å². The molecule has 0 amide bonds. The smallest absolute Gasteiger partial charge is 0.323 e. The normalized spacial score (nSPS) is 14.8. The molecule has 3 N–H and O–H groups in total. The Kier molecular flexibility index (Phi) is 4.31. The van der Waals surface area contributed by atoms with Gasteiger partial charge in [-0.15, -0.1) is 0 Å². The number of hydrogen-bond acceptors (Lipinski definition) is 4. The summed E-state index contributed by atoms with van der Waals surface area (Å²) in [5.74, 6) is -1.43. The number of carbonyl (C=O) groups is 1. The minimum absolute atomic E-state index is 0.181. The molecular formula is C11H15NO5S. The van der Waals surface area contributed by atoms with E-state index in [1.54, 1.807) is 18.2 Å². The number of hydrogen-bond donors (Lipinski definition) is 3. The molecule has 0 fully saturated rings. The standard InChI is InChI=1S/C11H15NO5S/c1-7(13)9-5-3-4-6-10(9)12-18(16,17)8(2)11(14)15/h3-8,12-13H,1-2H3,(H,14,15). The van der Waals surface area contributed by atoms with Crippen LogP contribution in [0.25, 0.3) is 0 Å². The van der Waals surface area contributed by atoms with Gasteiger partial charge in [-0.25, -0.2) is 8.42 Å². The number of aliphatic hydroxyl groups excluding tert-OH is 1. The van der Waals surface area contributed by atoms with Crippen molar-refractivity contribution >= 4 is 21.7 Å². The molecular weight excluding hydrogens is 258 g/mol. The summed E-state index contributed by atoms with van der Waals surface area (Å²) in [6.45, 7) is 2.57. The molecule has 100 valence electrons. The molecule has 0 heterocycles. The maximum Gasteiger partial charge on any atom is 0.323 e. The van der Waals surface area contributed by atoms with E-state index in [1.807, 2.05) is 0 Å². The minimum Gasteiger partial charge on any atom is -0.480 e. The van der Waals surface area contributed by atoms with Crippen molar-refractivity contribution in [1.82, 2.24) is 0 Å². The van der Waals surface area contributed by atoms with Gasteiger partial charge in [-0.3, -0.25) is 9.52 Å². The van der Waals surface area contributed by atoms with Crippen LogP contribution in [-0.4, -0.2) is 29.9 Å². The minimum atomic E-state index is -4.03. The van der Waals surface area contributed by atoms with Crippen molar-refractivity contribution in [2.75, 3.05) is 4.72 Å². The fourth-order valence-corrected chi connectivity index (χ4v) is 2.26. The van der Waals surface area contributed by atoms with Gasteiger partial charge in [-0.1, -0.05) is 18.2 Å². The molecule has 0 saturated carbocycles. The first kappa shape index (κ1) is 14.5. The third kappa shape index (κ3) is 3.21. The summed E-state index contributed by atoms with van der Waals surface area (Å²) in [7, 11) is -4.03. The van der Waals surface area contributed by atoms with Gasteiger partial charge in [0.15, 0.2) is 5.25 Å². The number of carboxylic acid groups (broad SMARTS) is 1. The molecule has 0 spiro atoms. The van der Waals surface area contributed by atoms with Crippen LogP contribution in [0.1, 0.15) is 25.5 Å². The fraction of sp³-hybridized carbons (Fsp3) is 0.364.